The third-order valence-corrected chi connectivity index (χ3v) is 4.02. The first kappa shape index (κ1) is 15.3. The predicted octanol–water partition coefficient (Wildman–Crippen LogP) is 2.35. The van der Waals surface area contributed by atoms with E-state index in [-0.39, 0.29) is 0 Å². The van der Waals surface area contributed by atoms with Gasteiger partial charge in [0.2, 0.25) is 5.91 Å². The number of primary amides is 1. The van der Waals surface area contributed by atoms with Gasteiger partial charge >= 0.3 is 0 Å². The van der Waals surface area contributed by atoms with E-state index < -0.39 is 5.91 Å². The SMILES string of the molecule is NC(=O)c1ccc(COCCC2CCCNC2)c(Cl)c1. The number of ether oxygens (including phenoxy) is 1. The Morgan fingerprint density at radius 2 is 2.35 bits per heavy atom. The largest absolute Gasteiger partial charge is 0.377 e. The lowest BCUT2D eigenvalue weighted by atomic mass is 9.97. The highest BCUT2D eigenvalue weighted by Gasteiger charge is 2.12. The van der Waals surface area contributed by atoms with E-state index in [0.29, 0.717) is 17.2 Å². The molecule has 0 bridgehead atoms. The van der Waals surface area contributed by atoms with Crippen LogP contribution in [0.15, 0.2) is 18.2 Å². The molecule has 0 aliphatic carbocycles. The number of nitrogens with one attached hydrogen (secondary N) is 1. The second kappa shape index (κ2) is 7.62. The lowest BCUT2D eigenvalue weighted by Gasteiger charge is -2.22. The van der Waals surface area contributed by atoms with Crippen LogP contribution in [-0.2, 0) is 11.3 Å². The summed E-state index contributed by atoms with van der Waals surface area (Å²) in [6, 6.07) is 5.07. The second-order valence-electron chi connectivity index (χ2n) is 5.22. The second-order valence-corrected chi connectivity index (χ2v) is 5.63. The van der Waals surface area contributed by atoms with Crippen LogP contribution in [0.5, 0.6) is 0 Å². The maximum atomic E-state index is 11.0. The van der Waals surface area contributed by atoms with Gasteiger partial charge in [-0.2, -0.15) is 0 Å². The molecule has 1 unspecified atom stereocenters. The quantitative estimate of drug-likeness (QED) is 0.792. The third-order valence-electron chi connectivity index (χ3n) is 3.66. The van der Waals surface area contributed by atoms with E-state index >= 15 is 0 Å². The highest BCUT2D eigenvalue weighted by Crippen LogP contribution is 2.19. The number of piperidine rings is 1. The Morgan fingerprint density at radius 3 is 3.00 bits per heavy atom. The number of carbonyl (C=O) groups excluding carboxylic acids is 1. The van der Waals surface area contributed by atoms with Gasteiger partial charge in [0.15, 0.2) is 0 Å². The molecular formula is C15H21ClN2O2. The van der Waals surface area contributed by atoms with Crippen molar-refractivity contribution in [2.75, 3.05) is 19.7 Å². The zero-order valence-corrected chi connectivity index (χ0v) is 12.3. The molecule has 0 aromatic heterocycles. The molecule has 5 heteroatoms. The Balaban J connectivity index is 1.74. The lowest BCUT2D eigenvalue weighted by molar-refractivity contribution is 0.0997. The summed E-state index contributed by atoms with van der Waals surface area (Å²) in [5.74, 6) is 0.251. The molecule has 1 aliphatic rings. The van der Waals surface area contributed by atoms with Crippen LogP contribution >= 0.6 is 11.6 Å². The molecule has 1 aromatic carbocycles. The van der Waals surface area contributed by atoms with Crippen LogP contribution in [-0.4, -0.2) is 25.6 Å². The van der Waals surface area contributed by atoms with Gasteiger partial charge in [0.1, 0.15) is 0 Å². The molecule has 1 amide bonds. The summed E-state index contributed by atoms with van der Waals surface area (Å²) in [6.07, 6.45) is 3.61. The minimum atomic E-state index is -0.468. The highest BCUT2D eigenvalue weighted by molar-refractivity contribution is 6.31. The Kier molecular flexibility index (Phi) is 5.83. The summed E-state index contributed by atoms with van der Waals surface area (Å²) in [6.45, 7) is 3.44. The van der Waals surface area contributed by atoms with Crippen molar-refractivity contribution in [1.82, 2.24) is 5.32 Å². The Hall–Kier alpha value is -1.10. The molecule has 1 aromatic rings. The molecule has 1 aliphatic heterocycles. The van der Waals surface area contributed by atoms with E-state index in [1.54, 1.807) is 18.2 Å². The van der Waals surface area contributed by atoms with Gasteiger partial charge in [-0.05, 0) is 56.0 Å². The number of carbonyl (C=O) groups is 1. The molecule has 3 N–H and O–H groups in total. The number of hydrogen-bond acceptors (Lipinski definition) is 3. The van der Waals surface area contributed by atoms with Crippen LogP contribution in [0, 0.1) is 5.92 Å². The summed E-state index contributed by atoms with van der Waals surface area (Å²) >= 11 is 6.10. The molecule has 0 radical (unpaired) electrons. The monoisotopic (exact) mass is 296 g/mol. The fourth-order valence-electron chi connectivity index (χ4n) is 2.42. The average molecular weight is 297 g/mol. The fraction of sp³-hybridized carbons (Fsp3) is 0.533. The minimum absolute atomic E-state index is 0.423. The molecule has 2 rings (SSSR count). The first-order chi connectivity index (χ1) is 9.66. The molecule has 0 saturated carbocycles. The molecule has 0 spiro atoms. The van der Waals surface area contributed by atoms with Crippen LogP contribution in [0.3, 0.4) is 0 Å². The van der Waals surface area contributed by atoms with Gasteiger partial charge in [-0.15, -0.1) is 0 Å². The number of halogens is 1. The molecular weight excluding hydrogens is 276 g/mol. The van der Waals surface area contributed by atoms with Gasteiger partial charge < -0.3 is 15.8 Å². The Morgan fingerprint density at radius 1 is 1.50 bits per heavy atom. The molecule has 1 atom stereocenters. The van der Waals surface area contributed by atoms with Crippen molar-refractivity contribution in [2.24, 2.45) is 11.7 Å². The first-order valence-electron chi connectivity index (χ1n) is 7.03. The first-order valence-corrected chi connectivity index (χ1v) is 7.41. The van der Waals surface area contributed by atoms with Crippen molar-refractivity contribution in [3.63, 3.8) is 0 Å². The van der Waals surface area contributed by atoms with Crippen LogP contribution in [0.25, 0.3) is 0 Å². The van der Waals surface area contributed by atoms with Crippen LogP contribution in [0.2, 0.25) is 5.02 Å². The van der Waals surface area contributed by atoms with Crippen LogP contribution in [0.1, 0.15) is 35.2 Å². The topological polar surface area (TPSA) is 64.4 Å². The standard InChI is InChI=1S/C15H21ClN2O2/c16-14-8-12(15(17)19)3-4-13(14)10-20-7-5-11-2-1-6-18-9-11/h3-4,8,11,18H,1-2,5-7,9-10H2,(H2,17,19). The van der Waals surface area contributed by atoms with E-state index in [2.05, 4.69) is 5.32 Å². The predicted molar refractivity (Wildman–Crippen MR) is 79.8 cm³/mol. The van der Waals surface area contributed by atoms with Crippen LogP contribution < -0.4 is 11.1 Å². The van der Waals surface area contributed by atoms with Crippen molar-refractivity contribution in [3.05, 3.63) is 34.3 Å². The number of hydrogen-bond donors (Lipinski definition) is 2. The van der Waals surface area contributed by atoms with Crippen molar-refractivity contribution in [1.29, 1.82) is 0 Å². The zero-order valence-electron chi connectivity index (χ0n) is 11.5. The number of nitrogens with two attached hydrogens (primary N) is 1. The van der Waals surface area contributed by atoms with E-state index in [1.165, 1.54) is 12.8 Å². The van der Waals surface area contributed by atoms with Gasteiger partial charge in [-0.25, -0.2) is 0 Å². The highest BCUT2D eigenvalue weighted by atomic mass is 35.5. The van der Waals surface area contributed by atoms with Gasteiger partial charge in [0.05, 0.1) is 6.61 Å². The van der Waals surface area contributed by atoms with Gasteiger partial charge in [0, 0.05) is 17.2 Å². The Bertz CT molecular complexity index is 459. The summed E-state index contributed by atoms with van der Waals surface area (Å²) in [5.41, 5.74) is 6.51. The summed E-state index contributed by atoms with van der Waals surface area (Å²) in [4.78, 5) is 11.0. The number of benzene rings is 1. The average Bonchev–Trinajstić information content (AvgIpc) is 2.46. The lowest BCUT2D eigenvalue weighted by Crippen LogP contribution is -2.30. The molecule has 20 heavy (non-hydrogen) atoms. The molecule has 4 nitrogen and oxygen atoms in total. The maximum absolute atomic E-state index is 11.0. The molecule has 1 fully saturated rings. The molecule has 1 saturated heterocycles. The van der Waals surface area contributed by atoms with Gasteiger partial charge in [-0.1, -0.05) is 17.7 Å². The Labute approximate surface area is 124 Å². The summed E-state index contributed by atoms with van der Waals surface area (Å²) < 4.78 is 5.68. The fourth-order valence-corrected chi connectivity index (χ4v) is 2.66. The smallest absolute Gasteiger partial charge is 0.248 e. The van der Waals surface area contributed by atoms with Gasteiger partial charge in [-0.3, -0.25) is 4.79 Å². The van der Waals surface area contributed by atoms with Crippen molar-refractivity contribution >= 4 is 17.5 Å². The van der Waals surface area contributed by atoms with Gasteiger partial charge in [0.25, 0.3) is 0 Å². The van der Waals surface area contributed by atoms with Crippen molar-refractivity contribution in [3.8, 4) is 0 Å². The van der Waals surface area contributed by atoms with Crippen LogP contribution in [0.4, 0.5) is 0 Å². The minimum Gasteiger partial charge on any atom is -0.377 e. The molecule has 1 heterocycles. The molecule has 110 valence electrons. The zero-order chi connectivity index (χ0) is 14.4. The van der Waals surface area contributed by atoms with E-state index in [1.807, 2.05) is 0 Å². The third kappa shape index (κ3) is 4.47. The van der Waals surface area contributed by atoms with E-state index in [9.17, 15) is 4.79 Å². The van der Waals surface area contributed by atoms with Crippen molar-refractivity contribution < 1.29 is 9.53 Å². The number of amides is 1. The summed E-state index contributed by atoms with van der Waals surface area (Å²) in [5, 5.41) is 3.93. The van der Waals surface area contributed by atoms with E-state index in [0.717, 1.165) is 37.6 Å². The normalized spacial score (nSPS) is 18.9. The van der Waals surface area contributed by atoms with E-state index in [4.69, 9.17) is 22.1 Å². The maximum Gasteiger partial charge on any atom is 0.248 e. The number of rotatable bonds is 6. The summed E-state index contributed by atoms with van der Waals surface area (Å²) in [7, 11) is 0. The van der Waals surface area contributed by atoms with Crippen molar-refractivity contribution in [2.45, 2.75) is 25.9 Å².